The molecule has 1 aromatic carbocycles. The van der Waals surface area contributed by atoms with E-state index >= 15 is 0 Å². The van der Waals surface area contributed by atoms with Crippen LogP contribution in [0.2, 0.25) is 5.02 Å². The van der Waals surface area contributed by atoms with Crippen LogP contribution in [-0.2, 0) is 20.1 Å². The SMILES string of the molecule is Cc1nn(Cc2ccc(C(=O)NCc3c(Cl)cnn3C)cc2)c(C)c1[N+](=O)[O-]. The van der Waals surface area contributed by atoms with Gasteiger partial charge in [-0.25, -0.2) is 0 Å². The first-order valence-corrected chi connectivity index (χ1v) is 8.87. The molecule has 9 nitrogen and oxygen atoms in total. The summed E-state index contributed by atoms with van der Waals surface area (Å²) in [6.45, 7) is 3.94. The standard InChI is InChI=1S/C18H19ClN6O3/c1-11-17(25(27)28)12(2)24(22-11)10-13-4-6-14(7-5-13)18(26)20-9-16-15(19)8-21-23(16)3/h4-8H,9-10H2,1-3H3,(H,20,26). The van der Waals surface area contributed by atoms with Crippen LogP contribution in [0, 0.1) is 24.0 Å². The summed E-state index contributed by atoms with van der Waals surface area (Å²) in [5.41, 5.74) is 3.01. The minimum atomic E-state index is -0.421. The average molecular weight is 403 g/mol. The molecule has 0 atom stereocenters. The molecular weight excluding hydrogens is 384 g/mol. The molecule has 0 radical (unpaired) electrons. The number of carbonyl (C=O) groups excluding carboxylic acids is 1. The van der Waals surface area contributed by atoms with Crippen molar-refractivity contribution in [2.75, 3.05) is 0 Å². The van der Waals surface area contributed by atoms with Crippen LogP contribution >= 0.6 is 11.6 Å². The Morgan fingerprint density at radius 1 is 1.29 bits per heavy atom. The van der Waals surface area contributed by atoms with E-state index in [0.29, 0.717) is 28.5 Å². The molecule has 0 spiro atoms. The molecule has 0 saturated heterocycles. The van der Waals surface area contributed by atoms with E-state index in [1.165, 1.54) is 6.20 Å². The number of hydrogen-bond donors (Lipinski definition) is 1. The van der Waals surface area contributed by atoms with Crippen LogP contribution < -0.4 is 5.32 Å². The smallest absolute Gasteiger partial charge is 0.312 e. The van der Waals surface area contributed by atoms with Crippen LogP contribution in [0.25, 0.3) is 0 Å². The number of benzene rings is 1. The van der Waals surface area contributed by atoms with Gasteiger partial charge >= 0.3 is 5.69 Å². The van der Waals surface area contributed by atoms with Gasteiger partial charge in [-0.1, -0.05) is 23.7 Å². The summed E-state index contributed by atoms with van der Waals surface area (Å²) in [6, 6.07) is 7.01. The Kier molecular flexibility index (Phi) is 5.46. The molecule has 1 N–H and O–H groups in total. The summed E-state index contributed by atoms with van der Waals surface area (Å²) in [5.74, 6) is -0.231. The highest BCUT2D eigenvalue weighted by atomic mass is 35.5. The third-order valence-corrected chi connectivity index (χ3v) is 4.82. The Morgan fingerprint density at radius 3 is 2.50 bits per heavy atom. The predicted molar refractivity (Wildman–Crippen MR) is 103 cm³/mol. The Bertz CT molecular complexity index is 1020. The normalized spacial score (nSPS) is 10.9. The number of nitrogens with zero attached hydrogens (tertiary/aromatic N) is 5. The molecule has 0 aliphatic rings. The van der Waals surface area contributed by atoms with E-state index in [4.69, 9.17) is 11.6 Å². The zero-order valence-electron chi connectivity index (χ0n) is 15.6. The van der Waals surface area contributed by atoms with Gasteiger partial charge in [-0.05, 0) is 31.5 Å². The minimum absolute atomic E-state index is 0.0322. The van der Waals surface area contributed by atoms with Gasteiger partial charge < -0.3 is 5.32 Å². The molecule has 2 aromatic heterocycles. The summed E-state index contributed by atoms with van der Waals surface area (Å²) in [6.07, 6.45) is 1.53. The van der Waals surface area contributed by atoms with Crippen LogP contribution in [0.15, 0.2) is 30.5 Å². The molecule has 0 aliphatic heterocycles. The lowest BCUT2D eigenvalue weighted by atomic mass is 10.1. The third-order valence-electron chi connectivity index (χ3n) is 4.50. The van der Waals surface area contributed by atoms with Crippen LogP contribution in [0.4, 0.5) is 5.69 Å². The van der Waals surface area contributed by atoms with E-state index in [2.05, 4.69) is 15.5 Å². The number of carbonyl (C=O) groups is 1. The molecule has 146 valence electrons. The number of nitro groups is 1. The zero-order chi connectivity index (χ0) is 20.4. The molecule has 1 amide bonds. The monoisotopic (exact) mass is 402 g/mol. The van der Waals surface area contributed by atoms with E-state index in [0.717, 1.165) is 11.3 Å². The highest BCUT2D eigenvalue weighted by Crippen LogP contribution is 2.22. The van der Waals surface area contributed by atoms with Crippen molar-refractivity contribution >= 4 is 23.2 Å². The molecular formula is C18H19ClN6O3. The number of hydrogen-bond acceptors (Lipinski definition) is 5. The van der Waals surface area contributed by atoms with Crippen LogP contribution in [0.1, 0.15) is 33.0 Å². The highest BCUT2D eigenvalue weighted by Gasteiger charge is 2.21. The summed E-state index contributed by atoms with van der Waals surface area (Å²) in [7, 11) is 1.76. The van der Waals surface area contributed by atoms with Crippen molar-refractivity contribution in [1.82, 2.24) is 24.9 Å². The van der Waals surface area contributed by atoms with Crippen LogP contribution in [0.3, 0.4) is 0 Å². The first-order valence-electron chi connectivity index (χ1n) is 8.50. The second-order valence-electron chi connectivity index (χ2n) is 6.38. The van der Waals surface area contributed by atoms with Crippen LogP contribution in [-0.4, -0.2) is 30.4 Å². The van der Waals surface area contributed by atoms with Gasteiger partial charge in [-0.3, -0.25) is 24.3 Å². The Hall–Kier alpha value is -3.20. The fourth-order valence-corrected chi connectivity index (χ4v) is 3.17. The maximum atomic E-state index is 12.3. The molecule has 10 heteroatoms. The van der Waals surface area contributed by atoms with Gasteiger partial charge in [0, 0.05) is 12.6 Å². The third kappa shape index (κ3) is 3.89. The van der Waals surface area contributed by atoms with Crippen molar-refractivity contribution in [3.63, 3.8) is 0 Å². The number of nitrogens with one attached hydrogen (secondary N) is 1. The molecule has 3 aromatic rings. The first-order chi connectivity index (χ1) is 13.3. The van der Waals surface area contributed by atoms with Crippen LogP contribution in [0.5, 0.6) is 0 Å². The Morgan fingerprint density at radius 2 is 1.96 bits per heavy atom. The lowest BCUT2D eigenvalue weighted by Gasteiger charge is -2.08. The lowest BCUT2D eigenvalue weighted by Crippen LogP contribution is -2.24. The van der Waals surface area contributed by atoms with Crippen molar-refractivity contribution in [3.8, 4) is 0 Å². The number of halogens is 1. The second kappa shape index (κ2) is 7.81. The van der Waals surface area contributed by atoms with Gasteiger partial charge in [-0.2, -0.15) is 10.2 Å². The molecule has 0 bridgehead atoms. The Labute approximate surface area is 166 Å². The Balaban J connectivity index is 1.67. The summed E-state index contributed by atoms with van der Waals surface area (Å²) in [4.78, 5) is 23.0. The molecule has 28 heavy (non-hydrogen) atoms. The van der Waals surface area contributed by atoms with Crippen molar-refractivity contribution in [3.05, 3.63) is 73.8 Å². The molecule has 3 rings (SSSR count). The van der Waals surface area contributed by atoms with Gasteiger partial charge in [0.2, 0.25) is 0 Å². The predicted octanol–water partition coefficient (Wildman–Crippen LogP) is 2.77. The van der Waals surface area contributed by atoms with E-state index in [1.54, 1.807) is 54.5 Å². The fourth-order valence-electron chi connectivity index (χ4n) is 2.94. The molecule has 0 saturated carbocycles. The number of aromatic nitrogens is 4. The molecule has 2 heterocycles. The zero-order valence-corrected chi connectivity index (χ0v) is 16.4. The van der Waals surface area contributed by atoms with E-state index < -0.39 is 4.92 Å². The largest absolute Gasteiger partial charge is 0.346 e. The second-order valence-corrected chi connectivity index (χ2v) is 6.78. The van der Waals surface area contributed by atoms with E-state index in [-0.39, 0.29) is 18.1 Å². The number of amides is 1. The maximum absolute atomic E-state index is 12.3. The van der Waals surface area contributed by atoms with Crippen molar-refractivity contribution in [1.29, 1.82) is 0 Å². The molecule has 0 fully saturated rings. The highest BCUT2D eigenvalue weighted by molar-refractivity contribution is 6.31. The maximum Gasteiger partial charge on any atom is 0.312 e. The van der Waals surface area contributed by atoms with Crippen molar-refractivity contribution in [2.45, 2.75) is 26.9 Å². The van der Waals surface area contributed by atoms with Gasteiger partial charge in [0.25, 0.3) is 5.91 Å². The minimum Gasteiger partial charge on any atom is -0.346 e. The summed E-state index contributed by atoms with van der Waals surface area (Å²) in [5, 5.41) is 22.7. The van der Waals surface area contributed by atoms with Gasteiger partial charge in [0.05, 0.1) is 34.9 Å². The first kappa shape index (κ1) is 19.6. The molecule has 0 aliphatic carbocycles. The summed E-state index contributed by atoms with van der Waals surface area (Å²) >= 11 is 6.03. The van der Waals surface area contributed by atoms with Gasteiger partial charge in [0.1, 0.15) is 11.4 Å². The molecule has 0 unspecified atom stereocenters. The average Bonchev–Trinajstić information content (AvgIpc) is 3.11. The quantitative estimate of drug-likeness (QED) is 0.503. The number of aryl methyl sites for hydroxylation is 2. The summed E-state index contributed by atoms with van der Waals surface area (Å²) < 4.78 is 3.20. The van der Waals surface area contributed by atoms with Gasteiger partial charge in [-0.15, -0.1) is 0 Å². The van der Waals surface area contributed by atoms with E-state index in [1.807, 2.05) is 0 Å². The number of rotatable bonds is 6. The lowest BCUT2D eigenvalue weighted by molar-refractivity contribution is -0.386. The topological polar surface area (TPSA) is 108 Å². The fraction of sp³-hybridized carbons (Fsp3) is 0.278. The van der Waals surface area contributed by atoms with Crippen molar-refractivity contribution in [2.24, 2.45) is 7.05 Å². The van der Waals surface area contributed by atoms with Crippen molar-refractivity contribution < 1.29 is 9.72 Å². The van der Waals surface area contributed by atoms with E-state index in [9.17, 15) is 14.9 Å². The van der Waals surface area contributed by atoms with Gasteiger partial charge in [0.15, 0.2) is 0 Å².